The van der Waals surface area contributed by atoms with Gasteiger partial charge in [-0.3, -0.25) is 18.8 Å². The van der Waals surface area contributed by atoms with Gasteiger partial charge < -0.3 is 11.5 Å². The number of amides is 1. The molecule has 0 atom stereocenters. The molecule has 4 heterocycles. The number of nitrogens with two attached hydrogens (primary N) is 2. The van der Waals surface area contributed by atoms with E-state index in [1.165, 1.54) is 10.7 Å². The van der Waals surface area contributed by atoms with E-state index in [-0.39, 0.29) is 17.1 Å². The van der Waals surface area contributed by atoms with Gasteiger partial charge in [0.25, 0.3) is 11.5 Å². The van der Waals surface area contributed by atoms with Crippen LogP contribution in [0.3, 0.4) is 0 Å². The molecule has 4 N–H and O–H groups in total. The molecule has 0 saturated heterocycles. The van der Waals surface area contributed by atoms with Gasteiger partial charge >= 0.3 is 0 Å². The lowest BCUT2D eigenvalue weighted by atomic mass is 10.1. The highest BCUT2D eigenvalue weighted by molar-refractivity contribution is 5.96. The summed E-state index contributed by atoms with van der Waals surface area (Å²) in [5.74, 6) is 6.40. The first-order chi connectivity index (χ1) is 19.4. The Morgan fingerprint density at radius 1 is 0.975 bits per heavy atom. The fourth-order valence-corrected chi connectivity index (χ4v) is 4.22. The molecule has 2 aromatic carbocycles. The number of aryl methyl sites for hydroxylation is 2. The highest BCUT2D eigenvalue weighted by Gasteiger charge is 2.15. The Balaban J connectivity index is 0.000000207. The third kappa shape index (κ3) is 5.01. The van der Waals surface area contributed by atoms with Crippen molar-refractivity contribution in [1.29, 1.82) is 0 Å². The molecule has 6 rings (SSSR count). The Bertz CT molecular complexity index is 1980. The zero-order valence-electron chi connectivity index (χ0n) is 21.8. The van der Waals surface area contributed by atoms with Crippen molar-refractivity contribution in [2.24, 2.45) is 12.8 Å². The van der Waals surface area contributed by atoms with Crippen LogP contribution in [-0.2, 0) is 13.5 Å². The van der Waals surface area contributed by atoms with E-state index in [9.17, 15) is 9.59 Å². The number of aromatic nitrogens is 7. The second-order valence-electron chi connectivity index (χ2n) is 8.71. The van der Waals surface area contributed by atoms with E-state index in [1.807, 2.05) is 68.7 Å². The summed E-state index contributed by atoms with van der Waals surface area (Å²) in [6, 6.07) is 18.6. The predicted octanol–water partition coefficient (Wildman–Crippen LogP) is 2.49. The molecular formula is C29H25N9O2. The number of nitrogens with zero attached hydrogens (tertiary/aromatic N) is 7. The first-order valence-corrected chi connectivity index (χ1v) is 12.4. The Hall–Kier alpha value is -5.76. The standard InChI is InChI=1S/C22H18N4O.C7H7N5O/c1-3-20-24-19-11-7-8-17(13-12-16-14-23-25(2)15-16)21(19)22(27)26(20)18-9-5-4-6-10-18;8-6-5(7(9)13)12-4(11-6)2-1-3-10-12/h4-11,14-15H,3H2,1-2H3;1-3H,8H2,(H2,9,13). The Labute approximate surface area is 228 Å². The van der Waals surface area contributed by atoms with E-state index in [0.717, 1.165) is 17.1 Å². The summed E-state index contributed by atoms with van der Waals surface area (Å²) in [6.07, 6.45) is 5.73. The fraction of sp³-hybridized carbons (Fsp3) is 0.103. The van der Waals surface area contributed by atoms with Crippen LogP contribution in [-0.4, -0.2) is 39.8 Å². The van der Waals surface area contributed by atoms with Crippen molar-refractivity contribution in [2.75, 3.05) is 5.73 Å². The molecule has 4 aromatic heterocycles. The molecule has 6 aromatic rings. The van der Waals surface area contributed by atoms with Crippen molar-refractivity contribution in [3.05, 3.63) is 112 Å². The molecular weight excluding hydrogens is 506 g/mol. The smallest absolute Gasteiger partial charge is 0.271 e. The van der Waals surface area contributed by atoms with Gasteiger partial charge in [0, 0.05) is 31.4 Å². The maximum atomic E-state index is 13.4. The van der Waals surface area contributed by atoms with E-state index in [1.54, 1.807) is 27.6 Å². The first kappa shape index (κ1) is 25.9. The van der Waals surface area contributed by atoms with Crippen LogP contribution in [0.4, 0.5) is 5.82 Å². The van der Waals surface area contributed by atoms with Crippen LogP contribution in [0.25, 0.3) is 22.2 Å². The number of carbonyl (C=O) groups is 1. The molecule has 0 radical (unpaired) electrons. The number of carbonyl (C=O) groups excluding carboxylic acids is 1. The zero-order chi connectivity index (χ0) is 28.2. The summed E-state index contributed by atoms with van der Waals surface area (Å²) in [7, 11) is 1.85. The maximum absolute atomic E-state index is 13.4. The van der Waals surface area contributed by atoms with E-state index in [4.69, 9.17) is 16.5 Å². The fourth-order valence-electron chi connectivity index (χ4n) is 4.22. The molecule has 1 amide bonds. The maximum Gasteiger partial charge on any atom is 0.271 e. The van der Waals surface area contributed by atoms with Gasteiger partial charge in [-0.1, -0.05) is 43.0 Å². The van der Waals surface area contributed by atoms with Gasteiger partial charge in [0.1, 0.15) is 5.82 Å². The van der Waals surface area contributed by atoms with Crippen molar-refractivity contribution in [3.8, 4) is 17.5 Å². The number of hydrogen-bond donors (Lipinski definition) is 2. The minimum absolute atomic E-state index is 0.0980. The average molecular weight is 532 g/mol. The van der Waals surface area contributed by atoms with Gasteiger partial charge in [0.2, 0.25) is 0 Å². The highest BCUT2D eigenvalue weighted by atomic mass is 16.1. The summed E-state index contributed by atoms with van der Waals surface area (Å²) in [4.78, 5) is 33.0. The van der Waals surface area contributed by atoms with Crippen LogP contribution < -0.4 is 17.0 Å². The lowest BCUT2D eigenvalue weighted by Gasteiger charge is -2.13. The number of imidazole rings is 1. The molecule has 0 aliphatic carbocycles. The number of anilines is 1. The Morgan fingerprint density at radius 2 is 1.77 bits per heavy atom. The normalized spacial score (nSPS) is 10.6. The van der Waals surface area contributed by atoms with E-state index in [2.05, 4.69) is 27.0 Å². The number of hydrogen-bond acceptors (Lipinski definition) is 7. The number of benzene rings is 2. The topological polar surface area (TPSA) is 152 Å². The number of fused-ring (bicyclic) bond motifs is 2. The van der Waals surface area contributed by atoms with Crippen molar-refractivity contribution in [3.63, 3.8) is 0 Å². The van der Waals surface area contributed by atoms with Gasteiger partial charge in [-0.15, -0.1) is 0 Å². The Morgan fingerprint density at radius 3 is 2.48 bits per heavy atom. The number of primary amides is 1. The SMILES string of the molecule is CCc1nc2cccc(C#Cc3cnn(C)c3)c2c(=O)n1-c1ccccc1.NC(=O)c1c(N)nc2cccnn12. The second kappa shape index (κ2) is 10.9. The molecule has 0 saturated carbocycles. The van der Waals surface area contributed by atoms with Crippen molar-refractivity contribution in [2.45, 2.75) is 13.3 Å². The monoisotopic (exact) mass is 531 g/mol. The van der Waals surface area contributed by atoms with Gasteiger partial charge in [0.05, 0.1) is 28.4 Å². The van der Waals surface area contributed by atoms with Crippen LogP contribution in [0.5, 0.6) is 0 Å². The third-order valence-electron chi connectivity index (χ3n) is 6.00. The van der Waals surface area contributed by atoms with Gasteiger partial charge in [-0.25, -0.2) is 14.5 Å². The highest BCUT2D eigenvalue weighted by Crippen LogP contribution is 2.17. The zero-order valence-corrected chi connectivity index (χ0v) is 21.8. The van der Waals surface area contributed by atoms with E-state index in [0.29, 0.717) is 28.5 Å². The van der Waals surface area contributed by atoms with Crippen LogP contribution in [0, 0.1) is 11.8 Å². The van der Waals surface area contributed by atoms with Gasteiger partial charge in [0.15, 0.2) is 17.2 Å². The molecule has 11 heteroatoms. The molecule has 11 nitrogen and oxygen atoms in total. The van der Waals surface area contributed by atoms with Crippen molar-refractivity contribution in [1.82, 2.24) is 33.9 Å². The molecule has 0 bridgehead atoms. The number of rotatable bonds is 3. The van der Waals surface area contributed by atoms with Crippen LogP contribution in [0.1, 0.15) is 34.4 Å². The lowest BCUT2D eigenvalue weighted by molar-refractivity contribution is 0.0994. The van der Waals surface area contributed by atoms with Crippen LogP contribution in [0.2, 0.25) is 0 Å². The molecule has 0 unspecified atom stereocenters. The predicted molar refractivity (Wildman–Crippen MR) is 152 cm³/mol. The molecule has 40 heavy (non-hydrogen) atoms. The summed E-state index contributed by atoms with van der Waals surface area (Å²) in [5.41, 5.74) is 14.1. The van der Waals surface area contributed by atoms with E-state index >= 15 is 0 Å². The van der Waals surface area contributed by atoms with E-state index < -0.39 is 5.91 Å². The number of nitrogen functional groups attached to an aromatic ring is 1. The van der Waals surface area contributed by atoms with Crippen molar-refractivity contribution < 1.29 is 4.79 Å². The minimum Gasteiger partial charge on any atom is -0.382 e. The van der Waals surface area contributed by atoms with Gasteiger partial charge in [-0.2, -0.15) is 10.2 Å². The first-order valence-electron chi connectivity index (χ1n) is 12.4. The molecule has 0 spiro atoms. The van der Waals surface area contributed by atoms with Crippen molar-refractivity contribution >= 4 is 28.3 Å². The summed E-state index contributed by atoms with van der Waals surface area (Å²) in [5, 5.41) is 8.55. The van der Waals surface area contributed by atoms with Crippen LogP contribution in [0.15, 0.2) is 84.0 Å². The summed E-state index contributed by atoms with van der Waals surface area (Å²) >= 11 is 0. The average Bonchev–Trinajstić information content (AvgIpc) is 3.53. The summed E-state index contributed by atoms with van der Waals surface area (Å²) < 4.78 is 4.69. The molecule has 0 aliphatic heterocycles. The molecule has 0 fully saturated rings. The third-order valence-corrected chi connectivity index (χ3v) is 6.00. The largest absolute Gasteiger partial charge is 0.382 e. The lowest BCUT2D eigenvalue weighted by Crippen LogP contribution is -2.24. The number of para-hydroxylation sites is 1. The Kier molecular flexibility index (Phi) is 7.07. The molecule has 198 valence electrons. The van der Waals surface area contributed by atoms with Crippen LogP contribution >= 0.6 is 0 Å². The van der Waals surface area contributed by atoms with Gasteiger partial charge in [-0.05, 0) is 36.4 Å². The summed E-state index contributed by atoms with van der Waals surface area (Å²) in [6.45, 7) is 2.00. The quantitative estimate of drug-likeness (QED) is 0.333. The minimum atomic E-state index is -0.635. The second-order valence-corrected chi connectivity index (χ2v) is 8.71. The molecule has 0 aliphatic rings.